The first-order valence-electron chi connectivity index (χ1n) is 8.57. The van der Waals surface area contributed by atoms with Crippen LogP contribution in [0.15, 0.2) is 71.6 Å². The average Bonchev–Trinajstić information content (AvgIpc) is 2.71. The molecule has 146 valence electrons. The Kier molecular flexibility index (Phi) is 5.61. The Labute approximate surface area is 167 Å². The molecule has 0 spiro atoms. The lowest BCUT2D eigenvalue weighted by atomic mass is 9.98. The van der Waals surface area contributed by atoms with E-state index in [1.165, 1.54) is 18.2 Å². The molecule has 0 aliphatic carbocycles. The lowest BCUT2D eigenvalue weighted by molar-refractivity contribution is -0.146. The second-order valence-electron chi connectivity index (χ2n) is 6.39. The van der Waals surface area contributed by atoms with E-state index in [0.717, 1.165) is 5.39 Å². The van der Waals surface area contributed by atoms with Gasteiger partial charge in [-0.15, -0.1) is 0 Å². The zero-order valence-electron chi connectivity index (χ0n) is 15.1. The molecule has 0 saturated heterocycles. The number of sulfonamides is 1. The van der Waals surface area contributed by atoms with Crippen molar-refractivity contribution in [2.45, 2.75) is 11.3 Å². The molecular weight excluding hydrogens is 392 g/mol. The van der Waals surface area contributed by atoms with E-state index in [2.05, 4.69) is 0 Å². The van der Waals surface area contributed by atoms with Crippen LogP contribution >= 0.6 is 0 Å². The SMILES string of the molecule is N#Cc1cccc(CC(C(=O)O)C(=O)NS(=O)(=O)c2ccc3ccccc3c2)c1. The molecule has 8 heteroatoms. The Morgan fingerprint density at radius 2 is 1.72 bits per heavy atom. The highest BCUT2D eigenvalue weighted by atomic mass is 32.2. The van der Waals surface area contributed by atoms with Crippen molar-refractivity contribution in [2.24, 2.45) is 5.92 Å². The Bertz CT molecular complexity index is 1250. The van der Waals surface area contributed by atoms with Crippen molar-refractivity contribution in [3.05, 3.63) is 77.9 Å². The molecule has 0 bridgehead atoms. The quantitative estimate of drug-likeness (QED) is 0.604. The van der Waals surface area contributed by atoms with Crippen molar-refractivity contribution in [2.75, 3.05) is 0 Å². The minimum Gasteiger partial charge on any atom is -0.481 e. The fourth-order valence-corrected chi connectivity index (χ4v) is 3.95. The Morgan fingerprint density at radius 3 is 2.41 bits per heavy atom. The summed E-state index contributed by atoms with van der Waals surface area (Å²) in [7, 11) is -4.25. The summed E-state index contributed by atoms with van der Waals surface area (Å²) in [5.41, 5.74) is 0.755. The van der Waals surface area contributed by atoms with Gasteiger partial charge in [0.2, 0.25) is 5.91 Å². The molecule has 7 nitrogen and oxygen atoms in total. The summed E-state index contributed by atoms with van der Waals surface area (Å²) in [6.45, 7) is 0. The summed E-state index contributed by atoms with van der Waals surface area (Å²) in [6.07, 6.45) is -0.246. The number of hydrogen-bond acceptors (Lipinski definition) is 5. The highest BCUT2D eigenvalue weighted by molar-refractivity contribution is 7.90. The second kappa shape index (κ2) is 8.12. The van der Waals surface area contributed by atoms with Crippen molar-refractivity contribution in [1.29, 1.82) is 5.26 Å². The molecule has 0 aliphatic rings. The third-order valence-corrected chi connectivity index (χ3v) is 5.72. The van der Waals surface area contributed by atoms with Crippen LogP contribution in [0, 0.1) is 17.2 Å². The van der Waals surface area contributed by atoms with Crippen LogP contribution in [0.3, 0.4) is 0 Å². The number of nitrogens with one attached hydrogen (secondary N) is 1. The molecule has 0 aliphatic heterocycles. The third-order valence-electron chi connectivity index (χ3n) is 4.38. The van der Waals surface area contributed by atoms with Crippen molar-refractivity contribution < 1.29 is 23.1 Å². The van der Waals surface area contributed by atoms with Crippen molar-refractivity contribution >= 4 is 32.7 Å². The third kappa shape index (κ3) is 4.59. The van der Waals surface area contributed by atoms with Crippen molar-refractivity contribution in [3.8, 4) is 6.07 Å². The van der Waals surface area contributed by atoms with Crippen LogP contribution in [0.25, 0.3) is 10.8 Å². The second-order valence-corrected chi connectivity index (χ2v) is 8.07. The standard InChI is InChI=1S/C21H16N2O5S/c22-13-15-5-3-4-14(10-15)11-19(21(25)26)20(24)23-29(27,28)18-9-8-16-6-1-2-7-17(16)12-18/h1-10,12,19H,11H2,(H,23,24)(H,25,26). The summed E-state index contributed by atoms with van der Waals surface area (Å²) >= 11 is 0. The lowest BCUT2D eigenvalue weighted by Crippen LogP contribution is -2.40. The van der Waals surface area contributed by atoms with Gasteiger partial charge >= 0.3 is 5.97 Å². The summed E-state index contributed by atoms with van der Waals surface area (Å²) < 4.78 is 27.1. The van der Waals surface area contributed by atoms with Gasteiger partial charge in [-0.2, -0.15) is 5.26 Å². The predicted molar refractivity (Wildman–Crippen MR) is 105 cm³/mol. The van der Waals surface area contributed by atoms with Gasteiger partial charge in [0.15, 0.2) is 0 Å². The zero-order valence-corrected chi connectivity index (χ0v) is 15.9. The van der Waals surface area contributed by atoms with Crippen LogP contribution in [0.4, 0.5) is 0 Å². The molecule has 0 saturated carbocycles. The minimum absolute atomic E-state index is 0.139. The van der Waals surface area contributed by atoms with E-state index >= 15 is 0 Å². The lowest BCUT2D eigenvalue weighted by Gasteiger charge is -2.14. The van der Waals surface area contributed by atoms with E-state index < -0.39 is 27.8 Å². The largest absolute Gasteiger partial charge is 0.481 e. The van der Waals surface area contributed by atoms with Crippen LogP contribution in [-0.2, 0) is 26.0 Å². The first-order chi connectivity index (χ1) is 13.8. The smallest absolute Gasteiger partial charge is 0.316 e. The zero-order chi connectivity index (χ0) is 21.0. The van der Waals surface area contributed by atoms with E-state index in [9.17, 15) is 23.1 Å². The number of benzene rings is 3. The molecule has 3 aromatic carbocycles. The van der Waals surface area contributed by atoms with Gasteiger partial charge in [-0.3, -0.25) is 9.59 Å². The van der Waals surface area contributed by atoms with Crippen molar-refractivity contribution in [3.63, 3.8) is 0 Å². The molecule has 1 amide bonds. The highest BCUT2D eigenvalue weighted by Crippen LogP contribution is 2.19. The van der Waals surface area contributed by atoms with E-state index in [1.54, 1.807) is 36.4 Å². The molecule has 1 unspecified atom stereocenters. The number of carboxylic acid groups (broad SMARTS) is 1. The van der Waals surface area contributed by atoms with E-state index in [0.29, 0.717) is 16.5 Å². The topological polar surface area (TPSA) is 124 Å². The molecule has 3 rings (SSSR count). The molecule has 0 heterocycles. The number of rotatable bonds is 6. The van der Waals surface area contributed by atoms with Crippen LogP contribution < -0.4 is 4.72 Å². The fraction of sp³-hybridized carbons (Fsp3) is 0.0952. The molecule has 0 fully saturated rings. The number of nitrogens with zero attached hydrogens (tertiary/aromatic N) is 1. The van der Waals surface area contributed by atoms with Gasteiger partial charge in [0.1, 0.15) is 5.92 Å². The molecule has 3 aromatic rings. The highest BCUT2D eigenvalue weighted by Gasteiger charge is 2.30. The van der Waals surface area contributed by atoms with Crippen molar-refractivity contribution in [1.82, 2.24) is 4.72 Å². The first-order valence-corrected chi connectivity index (χ1v) is 10.1. The molecule has 1 atom stereocenters. The predicted octanol–water partition coefficient (Wildman–Crippen LogP) is 2.46. The number of amides is 1. The normalized spacial score (nSPS) is 12.1. The molecule has 0 radical (unpaired) electrons. The summed E-state index contributed by atoms with van der Waals surface area (Å²) in [5.74, 6) is -4.23. The number of aliphatic carboxylic acids is 1. The molecule has 2 N–H and O–H groups in total. The maximum absolute atomic E-state index is 12.6. The number of carboxylic acids is 1. The van der Waals surface area contributed by atoms with Crippen LogP contribution in [0.2, 0.25) is 0 Å². The summed E-state index contributed by atoms with van der Waals surface area (Å²) in [6, 6.07) is 19.6. The monoisotopic (exact) mass is 408 g/mol. The van der Waals surface area contributed by atoms with Crippen LogP contribution in [0.1, 0.15) is 11.1 Å². The summed E-state index contributed by atoms with van der Waals surface area (Å²) in [4.78, 5) is 23.9. The van der Waals surface area contributed by atoms with E-state index in [4.69, 9.17) is 5.26 Å². The van der Waals surface area contributed by atoms with Gasteiger partial charge in [0.25, 0.3) is 10.0 Å². The van der Waals surface area contributed by atoms with Gasteiger partial charge in [0, 0.05) is 0 Å². The number of carbonyl (C=O) groups is 2. The molecular formula is C21H16N2O5S. The van der Waals surface area contributed by atoms with Gasteiger partial charge in [0.05, 0.1) is 16.5 Å². The number of nitriles is 1. The maximum Gasteiger partial charge on any atom is 0.316 e. The molecule has 29 heavy (non-hydrogen) atoms. The summed E-state index contributed by atoms with van der Waals surface area (Å²) in [5, 5.41) is 19.9. The number of hydrogen-bond donors (Lipinski definition) is 2. The van der Waals surface area contributed by atoms with Gasteiger partial charge in [-0.05, 0) is 47.0 Å². The van der Waals surface area contributed by atoms with Gasteiger partial charge in [-0.25, -0.2) is 13.1 Å². The minimum atomic E-state index is -4.25. The Morgan fingerprint density at radius 1 is 1.00 bits per heavy atom. The van der Waals surface area contributed by atoms with Crippen LogP contribution in [-0.4, -0.2) is 25.4 Å². The molecule has 0 aromatic heterocycles. The van der Waals surface area contributed by atoms with E-state index in [1.807, 2.05) is 22.9 Å². The fourth-order valence-electron chi connectivity index (χ4n) is 2.89. The number of carbonyl (C=O) groups excluding carboxylic acids is 1. The maximum atomic E-state index is 12.6. The van der Waals surface area contributed by atoms with E-state index in [-0.39, 0.29) is 11.3 Å². The first kappa shape index (κ1) is 20.0. The Hall–Kier alpha value is -3.70. The Balaban J connectivity index is 1.84. The number of fused-ring (bicyclic) bond motifs is 1. The van der Waals surface area contributed by atoms with Crippen LogP contribution in [0.5, 0.6) is 0 Å². The average molecular weight is 408 g/mol. The van der Waals surface area contributed by atoms with Gasteiger partial charge < -0.3 is 5.11 Å². The van der Waals surface area contributed by atoms with Gasteiger partial charge in [-0.1, -0.05) is 42.5 Å².